The number of fused-ring (bicyclic) bond motifs is 1. The molecule has 39 heavy (non-hydrogen) atoms. The summed E-state index contributed by atoms with van der Waals surface area (Å²) in [6.07, 6.45) is 3.15. The van der Waals surface area contributed by atoms with E-state index in [2.05, 4.69) is 13.0 Å². The predicted octanol–water partition coefficient (Wildman–Crippen LogP) is 3.16. The highest BCUT2D eigenvalue weighted by atomic mass is 16.5. The fourth-order valence-electron chi connectivity index (χ4n) is 5.79. The van der Waals surface area contributed by atoms with Gasteiger partial charge < -0.3 is 30.0 Å². The van der Waals surface area contributed by atoms with E-state index in [1.807, 2.05) is 46.2 Å². The number of hydrogen-bond donors (Lipinski definition) is 2. The van der Waals surface area contributed by atoms with Gasteiger partial charge in [0.1, 0.15) is 5.75 Å². The second-order valence-electron chi connectivity index (χ2n) is 10.2. The largest absolute Gasteiger partial charge is 0.493 e. The normalized spacial score (nSPS) is 20.3. The van der Waals surface area contributed by atoms with Crippen molar-refractivity contribution < 1.29 is 28.9 Å². The van der Waals surface area contributed by atoms with Gasteiger partial charge in [0.25, 0.3) is 0 Å². The quantitative estimate of drug-likeness (QED) is 0.376. The lowest BCUT2D eigenvalue weighted by molar-refractivity contribution is -0.144. The zero-order chi connectivity index (χ0) is 27.8. The van der Waals surface area contributed by atoms with Crippen molar-refractivity contribution in [2.75, 3.05) is 53.0 Å². The van der Waals surface area contributed by atoms with Crippen LogP contribution >= 0.6 is 0 Å². The van der Waals surface area contributed by atoms with Crippen LogP contribution in [0.15, 0.2) is 42.5 Å². The molecule has 1 amide bonds. The lowest BCUT2D eigenvalue weighted by atomic mass is 9.83. The van der Waals surface area contributed by atoms with Crippen LogP contribution in [0, 0.1) is 5.92 Å². The Balaban J connectivity index is 1.57. The fraction of sp³-hybridized carbons (Fsp3) is 0.533. The Morgan fingerprint density at radius 1 is 1.18 bits per heavy atom. The number of carbonyl (C=O) groups excluding carboxylic acids is 1. The summed E-state index contributed by atoms with van der Waals surface area (Å²) in [5.74, 6) is 0.282. The zero-order valence-electron chi connectivity index (χ0n) is 23.0. The second kappa shape index (κ2) is 13.7. The minimum Gasteiger partial charge on any atom is -0.493 e. The van der Waals surface area contributed by atoms with Crippen LogP contribution < -0.4 is 19.9 Å². The van der Waals surface area contributed by atoms with Crippen molar-refractivity contribution in [3.05, 3.63) is 53.6 Å². The molecule has 1 saturated heterocycles. The van der Waals surface area contributed by atoms with Crippen LogP contribution in [0.3, 0.4) is 0 Å². The summed E-state index contributed by atoms with van der Waals surface area (Å²) < 4.78 is 17.1. The molecular weight excluding hydrogens is 498 g/mol. The number of para-hydroxylation sites is 2. The van der Waals surface area contributed by atoms with Gasteiger partial charge in [-0.05, 0) is 42.2 Å². The number of benzene rings is 2. The van der Waals surface area contributed by atoms with Gasteiger partial charge in [0, 0.05) is 44.6 Å². The van der Waals surface area contributed by atoms with E-state index < -0.39 is 11.9 Å². The van der Waals surface area contributed by atoms with Gasteiger partial charge in [-0.25, -0.2) is 0 Å². The zero-order valence-corrected chi connectivity index (χ0v) is 23.0. The molecule has 9 nitrogen and oxygen atoms in total. The van der Waals surface area contributed by atoms with Crippen LogP contribution in [0.4, 0.5) is 0 Å². The summed E-state index contributed by atoms with van der Waals surface area (Å²) in [5, 5.41) is 10.4. The molecule has 2 aromatic carbocycles. The third kappa shape index (κ3) is 6.83. The maximum atomic E-state index is 13.4. The number of likely N-dealkylation sites (tertiary alicyclic amines) is 1. The van der Waals surface area contributed by atoms with Crippen LogP contribution in [0.25, 0.3) is 0 Å². The Bertz CT molecular complexity index is 1130. The molecule has 2 aromatic rings. The van der Waals surface area contributed by atoms with Crippen molar-refractivity contribution >= 4 is 11.9 Å². The van der Waals surface area contributed by atoms with Crippen LogP contribution in [0.2, 0.25) is 0 Å². The molecule has 2 aliphatic heterocycles. The van der Waals surface area contributed by atoms with E-state index in [4.69, 9.17) is 19.9 Å². The molecule has 0 spiro atoms. The van der Waals surface area contributed by atoms with E-state index in [1.165, 1.54) is 0 Å². The number of aliphatic carboxylic acids is 1. The van der Waals surface area contributed by atoms with Crippen molar-refractivity contribution in [1.29, 1.82) is 0 Å². The van der Waals surface area contributed by atoms with Gasteiger partial charge >= 0.3 is 5.97 Å². The van der Waals surface area contributed by atoms with Gasteiger partial charge in [-0.2, -0.15) is 0 Å². The average molecular weight is 540 g/mol. The molecule has 4 rings (SSSR count). The molecule has 0 radical (unpaired) electrons. The molecule has 3 atom stereocenters. The highest BCUT2D eigenvalue weighted by molar-refractivity contribution is 5.79. The van der Waals surface area contributed by atoms with Crippen molar-refractivity contribution in [3.8, 4) is 17.2 Å². The standard InChI is InChI=1S/C30H41N3O6/c1-3-4-14-32(15-13-31)28(34)20-33-19-23(21-9-10-25-22(18-21)11-16-38-25)29(30(35)36)24(33)12-17-39-27-8-6-5-7-26(27)37-2/h5-10,18,23-24,29H,3-4,11-17,19-20,31H2,1-2H3,(H,35,36)/t23-,24+,29?/m1/s1. The van der Waals surface area contributed by atoms with Gasteiger partial charge in [0.15, 0.2) is 11.5 Å². The minimum atomic E-state index is -0.862. The first-order valence-corrected chi connectivity index (χ1v) is 13.9. The Labute approximate surface area is 230 Å². The monoisotopic (exact) mass is 539 g/mol. The number of unbranched alkanes of at least 4 members (excludes halogenated alkanes) is 1. The van der Waals surface area contributed by atoms with Crippen molar-refractivity contribution in [2.45, 2.75) is 44.6 Å². The number of hydrogen-bond acceptors (Lipinski definition) is 7. The fourth-order valence-corrected chi connectivity index (χ4v) is 5.79. The molecule has 9 heteroatoms. The van der Waals surface area contributed by atoms with Gasteiger partial charge in [-0.3, -0.25) is 14.5 Å². The molecule has 2 heterocycles. The van der Waals surface area contributed by atoms with Crippen LogP contribution in [0.1, 0.15) is 43.2 Å². The third-order valence-corrected chi connectivity index (χ3v) is 7.79. The third-order valence-electron chi connectivity index (χ3n) is 7.79. The molecule has 2 aliphatic rings. The van der Waals surface area contributed by atoms with Gasteiger partial charge in [-0.1, -0.05) is 37.6 Å². The number of methoxy groups -OCH3 is 1. The van der Waals surface area contributed by atoms with E-state index in [9.17, 15) is 14.7 Å². The number of carboxylic acids is 1. The summed E-state index contributed by atoms with van der Waals surface area (Å²) in [4.78, 5) is 30.0. The molecule has 3 N–H and O–H groups in total. The van der Waals surface area contributed by atoms with Crippen molar-refractivity contribution in [2.24, 2.45) is 11.7 Å². The molecule has 0 aliphatic carbocycles. The number of nitrogens with two attached hydrogens (primary N) is 1. The summed E-state index contributed by atoms with van der Waals surface area (Å²) in [7, 11) is 1.59. The predicted molar refractivity (Wildman–Crippen MR) is 149 cm³/mol. The van der Waals surface area contributed by atoms with Crippen LogP contribution in [-0.2, 0) is 16.0 Å². The van der Waals surface area contributed by atoms with E-state index >= 15 is 0 Å². The Kier molecular flexibility index (Phi) is 10.1. The number of nitrogens with zero attached hydrogens (tertiary/aromatic N) is 2. The Morgan fingerprint density at radius 2 is 1.97 bits per heavy atom. The lowest BCUT2D eigenvalue weighted by Gasteiger charge is -2.29. The summed E-state index contributed by atoms with van der Waals surface area (Å²) in [6, 6.07) is 13.0. The maximum Gasteiger partial charge on any atom is 0.308 e. The Hall–Kier alpha value is -3.30. The Morgan fingerprint density at radius 3 is 2.69 bits per heavy atom. The first-order chi connectivity index (χ1) is 19.0. The SMILES string of the molecule is CCCCN(CCN)C(=O)CN1C[C@H](c2ccc3c(c2)CCO3)C(C(=O)O)[C@@H]1CCOc1ccccc1OC. The average Bonchev–Trinajstić information content (AvgIpc) is 3.55. The van der Waals surface area contributed by atoms with Gasteiger partial charge in [0.2, 0.25) is 5.91 Å². The first-order valence-electron chi connectivity index (χ1n) is 13.9. The lowest BCUT2D eigenvalue weighted by Crippen LogP contribution is -2.46. The van der Waals surface area contributed by atoms with Gasteiger partial charge in [-0.15, -0.1) is 0 Å². The molecule has 1 fully saturated rings. The summed E-state index contributed by atoms with van der Waals surface area (Å²) in [6.45, 7) is 5.19. The first kappa shape index (κ1) is 28.7. The van der Waals surface area contributed by atoms with E-state index in [-0.39, 0.29) is 24.4 Å². The number of rotatable bonds is 14. The number of amides is 1. The van der Waals surface area contributed by atoms with E-state index in [1.54, 1.807) is 7.11 Å². The smallest absolute Gasteiger partial charge is 0.308 e. The van der Waals surface area contributed by atoms with Crippen LogP contribution in [-0.4, -0.2) is 85.9 Å². The van der Waals surface area contributed by atoms with Crippen molar-refractivity contribution in [1.82, 2.24) is 9.80 Å². The maximum absolute atomic E-state index is 13.4. The number of ether oxygens (including phenoxy) is 3. The van der Waals surface area contributed by atoms with Gasteiger partial charge in [0.05, 0.1) is 32.8 Å². The summed E-state index contributed by atoms with van der Waals surface area (Å²) in [5.41, 5.74) is 7.88. The van der Waals surface area contributed by atoms with Crippen LogP contribution in [0.5, 0.6) is 17.2 Å². The molecule has 0 aromatic heterocycles. The highest BCUT2D eigenvalue weighted by Crippen LogP contribution is 2.41. The molecular formula is C30H41N3O6. The molecule has 0 bridgehead atoms. The number of carboxylic acid groups (broad SMARTS) is 1. The highest BCUT2D eigenvalue weighted by Gasteiger charge is 2.47. The molecule has 0 saturated carbocycles. The topological polar surface area (TPSA) is 115 Å². The molecule has 1 unspecified atom stereocenters. The minimum absolute atomic E-state index is 0.0170. The molecule has 212 valence electrons. The van der Waals surface area contributed by atoms with E-state index in [0.717, 1.165) is 36.1 Å². The van der Waals surface area contributed by atoms with Crippen molar-refractivity contribution in [3.63, 3.8) is 0 Å². The summed E-state index contributed by atoms with van der Waals surface area (Å²) >= 11 is 0. The number of carbonyl (C=O) groups is 2. The van der Waals surface area contributed by atoms with E-state index in [0.29, 0.717) is 57.3 Å². The second-order valence-corrected chi connectivity index (χ2v) is 10.2.